The van der Waals surface area contributed by atoms with Crippen LogP contribution in [-0.4, -0.2) is 28.7 Å². The summed E-state index contributed by atoms with van der Waals surface area (Å²) in [6, 6.07) is 95.2. The van der Waals surface area contributed by atoms with Crippen molar-refractivity contribution >= 4 is 65.4 Å². The highest BCUT2D eigenvalue weighted by molar-refractivity contribution is 6.27. The van der Waals surface area contributed by atoms with Crippen molar-refractivity contribution in [2.75, 3.05) is 0 Å². The zero-order valence-electron chi connectivity index (χ0n) is 40.6. The monoisotopic (exact) mass is 956 g/mol. The minimum Gasteiger partial charge on any atom is -0.309 e. The zero-order chi connectivity index (χ0) is 49.4. The number of para-hydroxylation sites is 4. The summed E-state index contributed by atoms with van der Waals surface area (Å²) in [7, 11) is 0. The lowest BCUT2D eigenvalue weighted by atomic mass is 10.0. The van der Waals surface area contributed by atoms with Crippen molar-refractivity contribution in [3.8, 4) is 73.5 Å². The molecule has 0 aliphatic heterocycles. The summed E-state index contributed by atoms with van der Waals surface area (Å²) in [4.78, 5) is 16.5. The topological polar surface area (TPSA) is 53.5 Å². The van der Waals surface area contributed by atoms with Crippen molar-refractivity contribution in [3.05, 3.63) is 267 Å². The highest BCUT2D eigenvalue weighted by atomic mass is 15.2. The second kappa shape index (κ2) is 17.3. The Hall–Kier alpha value is -10.2. The van der Waals surface area contributed by atoms with Crippen molar-refractivity contribution in [1.82, 2.24) is 28.7 Å². The van der Waals surface area contributed by atoms with E-state index in [1.165, 1.54) is 16.3 Å². The first-order chi connectivity index (χ1) is 37.2. The summed E-state index contributed by atoms with van der Waals surface area (Å²) in [6.07, 6.45) is 0. The summed E-state index contributed by atoms with van der Waals surface area (Å²) in [5, 5.41) is 6.86. The van der Waals surface area contributed by atoms with E-state index in [4.69, 9.17) is 15.0 Å². The van der Waals surface area contributed by atoms with Gasteiger partial charge in [-0.05, 0) is 75.8 Å². The zero-order valence-corrected chi connectivity index (χ0v) is 40.6. The molecule has 0 unspecified atom stereocenters. The van der Waals surface area contributed by atoms with Gasteiger partial charge in [0, 0.05) is 49.1 Å². The summed E-state index contributed by atoms with van der Waals surface area (Å²) < 4.78 is 7.22. The summed E-state index contributed by atoms with van der Waals surface area (Å²) in [5.41, 5.74) is 17.2. The van der Waals surface area contributed by atoms with Crippen LogP contribution in [0.25, 0.3) is 139 Å². The fourth-order valence-electron chi connectivity index (χ4n) is 11.5. The third-order valence-corrected chi connectivity index (χ3v) is 14.9. The fraction of sp³-hybridized carbons (Fsp3) is 0. The van der Waals surface area contributed by atoms with E-state index in [-0.39, 0.29) is 0 Å². The molecule has 6 nitrogen and oxygen atoms in total. The average Bonchev–Trinajstić information content (AvgIpc) is 4.15. The summed E-state index contributed by atoms with van der Waals surface area (Å²) in [5.74, 6) is 1.69. The number of fused-ring (bicyclic) bond motifs is 10. The second-order valence-electron chi connectivity index (χ2n) is 19.2. The molecule has 0 atom stereocenters. The van der Waals surface area contributed by atoms with Gasteiger partial charge in [0.15, 0.2) is 11.6 Å². The lowest BCUT2D eigenvalue weighted by molar-refractivity contribution is 0.953. The molecule has 75 heavy (non-hydrogen) atoms. The Labute approximate surface area is 432 Å². The Bertz CT molecular complexity index is 4490. The van der Waals surface area contributed by atoms with Crippen molar-refractivity contribution in [2.45, 2.75) is 0 Å². The molecule has 6 heteroatoms. The first kappa shape index (κ1) is 42.5. The van der Waals surface area contributed by atoms with E-state index in [0.717, 1.165) is 105 Å². The molecule has 0 amide bonds. The van der Waals surface area contributed by atoms with Crippen LogP contribution in [0, 0.1) is 0 Å². The smallest absolute Gasteiger partial charge is 0.238 e. The molecule has 0 radical (unpaired) electrons. The second-order valence-corrected chi connectivity index (χ2v) is 19.2. The van der Waals surface area contributed by atoms with Crippen molar-refractivity contribution in [1.29, 1.82) is 0 Å². The minimum atomic E-state index is 0.525. The maximum atomic E-state index is 5.56. The number of nitrogens with zero attached hydrogens (tertiary/aromatic N) is 6. The maximum absolute atomic E-state index is 5.56. The van der Waals surface area contributed by atoms with Crippen LogP contribution in [0.2, 0.25) is 0 Å². The molecule has 11 aromatic carbocycles. The molecular formula is C69H44N6. The first-order valence-electron chi connectivity index (χ1n) is 25.4. The standard InChI is InChI=1S/C69H44N6/c1-4-18-45(19-5-1)48-32-36-51(37-33-48)67-70-68(52-38-34-49(35-39-52)46-20-6-2-7-21-46)72-69(71-67)75-62-31-17-13-27-57(62)64-63(74-60-29-15-10-24-54(60)55-25-11-16-30-61(55)74)44-58-56-26-12-14-28-59(56)73(65(58)66(64)75)53-42-40-50(41-43-53)47-22-8-3-9-23-47/h1-44H. The van der Waals surface area contributed by atoms with Gasteiger partial charge in [0.1, 0.15) is 0 Å². The average molecular weight is 957 g/mol. The van der Waals surface area contributed by atoms with E-state index in [1.54, 1.807) is 0 Å². The van der Waals surface area contributed by atoms with Gasteiger partial charge in [0.05, 0.1) is 38.8 Å². The third-order valence-electron chi connectivity index (χ3n) is 14.9. The van der Waals surface area contributed by atoms with E-state index in [1.807, 2.05) is 12.1 Å². The van der Waals surface area contributed by atoms with Crippen LogP contribution < -0.4 is 0 Å². The summed E-state index contributed by atoms with van der Waals surface area (Å²) >= 11 is 0. The molecule has 350 valence electrons. The van der Waals surface area contributed by atoms with E-state index in [0.29, 0.717) is 17.6 Å². The van der Waals surface area contributed by atoms with Gasteiger partial charge in [-0.25, -0.2) is 4.98 Å². The van der Waals surface area contributed by atoms with Crippen molar-refractivity contribution in [3.63, 3.8) is 0 Å². The van der Waals surface area contributed by atoms with E-state index >= 15 is 0 Å². The Morgan fingerprint density at radius 2 is 0.587 bits per heavy atom. The minimum absolute atomic E-state index is 0.525. The molecule has 0 fully saturated rings. The number of aromatic nitrogens is 6. The maximum Gasteiger partial charge on any atom is 0.238 e. The van der Waals surface area contributed by atoms with E-state index < -0.39 is 0 Å². The van der Waals surface area contributed by atoms with Gasteiger partial charge in [0.2, 0.25) is 5.95 Å². The van der Waals surface area contributed by atoms with Crippen LogP contribution in [0.1, 0.15) is 0 Å². The Balaban J connectivity index is 1.07. The highest BCUT2D eigenvalue weighted by Gasteiger charge is 2.28. The molecule has 15 aromatic rings. The molecular weight excluding hydrogens is 913 g/mol. The molecule has 0 bridgehead atoms. The molecule has 0 N–H and O–H groups in total. The molecule has 4 aromatic heterocycles. The summed E-state index contributed by atoms with van der Waals surface area (Å²) in [6.45, 7) is 0. The van der Waals surface area contributed by atoms with Crippen molar-refractivity contribution in [2.24, 2.45) is 0 Å². The Morgan fingerprint density at radius 3 is 1.05 bits per heavy atom. The number of benzene rings is 11. The first-order valence-corrected chi connectivity index (χ1v) is 25.4. The van der Waals surface area contributed by atoms with Crippen molar-refractivity contribution < 1.29 is 0 Å². The van der Waals surface area contributed by atoms with Crippen LogP contribution in [0.3, 0.4) is 0 Å². The largest absolute Gasteiger partial charge is 0.309 e. The molecule has 15 rings (SSSR count). The predicted octanol–water partition coefficient (Wildman–Crippen LogP) is 17.5. The van der Waals surface area contributed by atoms with Gasteiger partial charge < -0.3 is 9.13 Å². The van der Waals surface area contributed by atoms with Crippen LogP contribution in [-0.2, 0) is 0 Å². The van der Waals surface area contributed by atoms with Crippen LogP contribution >= 0.6 is 0 Å². The van der Waals surface area contributed by atoms with Crippen LogP contribution in [0.5, 0.6) is 0 Å². The molecule has 0 saturated heterocycles. The Morgan fingerprint density at radius 1 is 0.240 bits per heavy atom. The number of hydrogen-bond acceptors (Lipinski definition) is 3. The third kappa shape index (κ3) is 6.92. The fourth-order valence-corrected chi connectivity index (χ4v) is 11.5. The van der Waals surface area contributed by atoms with Crippen LogP contribution in [0.4, 0.5) is 0 Å². The molecule has 0 aliphatic carbocycles. The lowest BCUT2D eigenvalue weighted by Crippen LogP contribution is -2.07. The van der Waals surface area contributed by atoms with Gasteiger partial charge in [-0.2, -0.15) is 9.97 Å². The Kier molecular flexibility index (Phi) is 9.78. The predicted molar refractivity (Wildman–Crippen MR) is 310 cm³/mol. The molecule has 4 heterocycles. The lowest BCUT2D eigenvalue weighted by Gasteiger charge is -2.16. The molecule has 0 aliphatic rings. The van der Waals surface area contributed by atoms with E-state index in [2.05, 4.69) is 268 Å². The van der Waals surface area contributed by atoms with Gasteiger partial charge in [-0.1, -0.05) is 224 Å². The quantitative estimate of drug-likeness (QED) is 0.152. The number of rotatable bonds is 8. The van der Waals surface area contributed by atoms with Gasteiger partial charge >= 0.3 is 0 Å². The highest BCUT2D eigenvalue weighted by Crippen LogP contribution is 2.46. The SMILES string of the molecule is c1ccc(-c2ccc(-c3nc(-c4ccc(-c5ccccc5)cc4)nc(-n4c5ccccc5c5c(-n6c7ccccc7c7ccccc76)cc6c7ccccc7n(-c7ccc(-c8ccccc8)cc7)c6c54)n3)cc2)cc1. The molecule has 0 spiro atoms. The number of hydrogen-bond donors (Lipinski definition) is 0. The van der Waals surface area contributed by atoms with E-state index in [9.17, 15) is 0 Å². The molecule has 0 saturated carbocycles. The normalized spacial score (nSPS) is 11.7. The van der Waals surface area contributed by atoms with Gasteiger partial charge in [0.25, 0.3) is 0 Å². The van der Waals surface area contributed by atoms with Gasteiger partial charge in [-0.3, -0.25) is 4.57 Å². The van der Waals surface area contributed by atoms with Gasteiger partial charge in [-0.15, -0.1) is 0 Å². The van der Waals surface area contributed by atoms with Crippen LogP contribution in [0.15, 0.2) is 267 Å².